The van der Waals surface area contributed by atoms with Gasteiger partial charge in [-0.05, 0) is 13.1 Å². The fourth-order valence-corrected chi connectivity index (χ4v) is 2.20. The van der Waals surface area contributed by atoms with Crippen LogP contribution >= 0.6 is 0 Å². The summed E-state index contributed by atoms with van der Waals surface area (Å²) in [6, 6.07) is 1.92. The van der Waals surface area contributed by atoms with Crippen molar-refractivity contribution in [3.8, 4) is 0 Å². The molecule has 1 fully saturated rings. The summed E-state index contributed by atoms with van der Waals surface area (Å²) in [6.45, 7) is 3.80. The number of rotatable bonds is 5. The van der Waals surface area contributed by atoms with Crippen molar-refractivity contribution in [2.45, 2.75) is 25.0 Å². The van der Waals surface area contributed by atoms with Crippen molar-refractivity contribution in [1.29, 1.82) is 0 Å². The first-order chi connectivity index (χ1) is 8.18. The number of nitrogens with zero attached hydrogens (tertiary/aromatic N) is 3. The van der Waals surface area contributed by atoms with Crippen molar-refractivity contribution in [3.63, 3.8) is 0 Å². The first-order valence-corrected chi connectivity index (χ1v) is 6.14. The third-order valence-electron chi connectivity index (χ3n) is 3.26. The Labute approximate surface area is 102 Å². The van der Waals surface area contributed by atoms with Crippen molar-refractivity contribution < 1.29 is 9.84 Å². The largest absolute Gasteiger partial charge is 0.388 e. The molecule has 1 aliphatic heterocycles. The Kier molecular flexibility index (Phi) is 4.15. The smallest absolute Gasteiger partial charge is 0.0817 e. The van der Waals surface area contributed by atoms with Gasteiger partial charge in [-0.2, -0.15) is 5.10 Å². The van der Waals surface area contributed by atoms with Gasteiger partial charge in [0.25, 0.3) is 0 Å². The Morgan fingerprint density at radius 2 is 2.24 bits per heavy atom. The number of hydrogen-bond donors (Lipinski definition) is 1. The molecule has 0 spiro atoms. The molecule has 5 nitrogen and oxygen atoms in total. The summed E-state index contributed by atoms with van der Waals surface area (Å²) < 4.78 is 7.18. The molecule has 0 bridgehead atoms. The molecule has 0 aliphatic carbocycles. The Balaban J connectivity index is 1.74. The van der Waals surface area contributed by atoms with Gasteiger partial charge in [0.15, 0.2) is 0 Å². The lowest BCUT2D eigenvalue weighted by molar-refractivity contribution is -0.0771. The summed E-state index contributed by atoms with van der Waals surface area (Å²) in [4.78, 5) is 2.16. The highest BCUT2D eigenvalue weighted by atomic mass is 16.5. The van der Waals surface area contributed by atoms with Crippen LogP contribution in [0.5, 0.6) is 0 Å². The van der Waals surface area contributed by atoms with E-state index in [1.807, 2.05) is 24.0 Å². The van der Waals surface area contributed by atoms with Crippen LogP contribution in [0.2, 0.25) is 0 Å². The van der Waals surface area contributed by atoms with E-state index in [1.165, 1.54) is 0 Å². The maximum atomic E-state index is 10.4. The summed E-state index contributed by atoms with van der Waals surface area (Å²) >= 11 is 0. The molecule has 2 heterocycles. The molecule has 17 heavy (non-hydrogen) atoms. The summed E-state index contributed by atoms with van der Waals surface area (Å²) in [5.41, 5.74) is -0.572. The highest BCUT2D eigenvalue weighted by Crippen LogP contribution is 2.21. The fraction of sp³-hybridized carbons (Fsp3) is 0.750. The van der Waals surface area contributed by atoms with Gasteiger partial charge in [-0.1, -0.05) is 0 Å². The zero-order chi connectivity index (χ0) is 12.1. The van der Waals surface area contributed by atoms with Gasteiger partial charge in [-0.25, -0.2) is 0 Å². The molecule has 1 saturated heterocycles. The highest BCUT2D eigenvalue weighted by Gasteiger charge is 2.30. The molecule has 0 unspecified atom stereocenters. The minimum Gasteiger partial charge on any atom is -0.388 e. The molecule has 1 aromatic heterocycles. The van der Waals surface area contributed by atoms with Crippen LogP contribution in [0.1, 0.15) is 12.8 Å². The van der Waals surface area contributed by atoms with Gasteiger partial charge < -0.3 is 14.7 Å². The average molecular weight is 239 g/mol. The van der Waals surface area contributed by atoms with Crippen LogP contribution in [0, 0.1) is 0 Å². The molecule has 0 radical (unpaired) electrons. The summed E-state index contributed by atoms with van der Waals surface area (Å²) in [7, 11) is 2.04. The minimum atomic E-state index is -0.572. The zero-order valence-electron chi connectivity index (χ0n) is 10.4. The molecule has 1 aliphatic rings. The second kappa shape index (κ2) is 5.62. The van der Waals surface area contributed by atoms with E-state index >= 15 is 0 Å². The predicted octanol–water partition coefficient (Wildman–Crippen LogP) is 0.356. The quantitative estimate of drug-likeness (QED) is 0.806. The molecular formula is C12H21N3O2. The van der Waals surface area contributed by atoms with E-state index < -0.39 is 5.60 Å². The van der Waals surface area contributed by atoms with Crippen molar-refractivity contribution in [1.82, 2.24) is 14.7 Å². The van der Waals surface area contributed by atoms with Crippen LogP contribution in [0.4, 0.5) is 0 Å². The molecular weight excluding hydrogens is 218 g/mol. The van der Waals surface area contributed by atoms with Crippen molar-refractivity contribution in [2.24, 2.45) is 0 Å². The van der Waals surface area contributed by atoms with Gasteiger partial charge in [0.1, 0.15) is 0 Å². The van der Waals surface area contributed by atoms with E-state index in [-0.39, 0.29) is 0 Å². The summed E-state index contributed by atoms with van der Waals surface area (Å²) in [6.07, 6.45) is 5.21. The second-order valence-corrected chi connectivity index (χ2v) is 4.84. The van der Waals surface area contributed by atoms with Crippen molar-refractivity contribution in [3.05, 3.63) is 18.5 Å². The molecule has 1 N–H and O–H groups in total. The molecule has 1 aromatic rings. The maximum absolute atomic E-state index is 10.4. The lowest BCUT2D eigenvalue weighted by atomic mass is 9.94. The molecule has 2 rings (SSSR count). The maximum Gasteiger partial charge on any atom is 0.0817 e. The summed E-state index contributed by atoms with van der Waals surface area (Å²) in [5, 5.41) is 14.5. The van der Waals surface area contributed by atoms with Crippen molar-refractivity contribution >= 4 is 0 Å². The Morgan fingerprint density at radius 1 is 1.47 bits per heavy atom. The third kappa shape index (κ3) is 3.80. The van der Waals surface area contributed by atoms with Gasteiger partial charge in [0.05, 0.1) is 12.1 Å². The summed E-state index contributed by atoms with van der Waals surface area (Å²) in [5.74, 6) is 0. The monoisotopic (exact) mass is 239 g/mol. The molecule has 0 amide bonds. The van der Waals surface area contributed by atoms with Crippen LogP contribution in [0.15, 0.2) is 18.5 Å². The lowest BCUT2D eigenvalue weighted by Crippen LogP contribution is -2.46. The van der Waals surface area contributed by atoms with E-state index in [9.17, 15) is 5.11 Å². The number of likely N-dealkylation sites (N-methyl/N-ethyl adjacent to an activating group) is 1. The zero-order valence-corrected chi connectivity index (χ0v) is 10.4. The van der Waals surface area contributed by atoms with Gasteiger partial charge in [-0.3, -0.25) is 4.68 Å². The Hall–Kier alpha value is -0.910. The normalized spacial score (nSPS) is 19.7. The molecule has 96 valence electrons. The topological polar surface area (TPSA) is 50.5 Å². The van der Waals surface area contributed by atoms with Gasteiger partial charge in [-0.15, -0.1) is 0 Å². The van der Waals surface area contributed by atoms with E-state index in [2.05, 4.69) is 10.00 Å². The number of aromatic nitrogens is 2. The van der Waals surface area contributed by atoms with Crippen LogP contribution in [0.25, 0.3) is 0 Å². The van der Waals surface area contributed by atoms with Crippen molar-refractivity contribution in [2.75, 3.05) is 33.4 Å². The third-order valence-corrected chi connectivity index (χ3v) is 3.26. The van der Waals surface area contributed by atoms with Crippen LogP contribution in [-0.4, -0.2) is 58.7 Å². The van der Waals surface area contributed by atoms with Crippen LogP contribution in [0.3, 0.4) is 0 Å². The molecule has 0 atom stereocenters. The molecule has 0 aromatic carbocycles. The Morgan fingerprint density at radius 3 is 2.88 bits per heavy atom. The van der Waals surface area contributed by atoms with Crippen LogP contribution in [-0.2, 0) is 11.3 Å². The number of ether oxygens (including phenoxy) is 1. The van der Waals surface area contributed by atoms with Gasteiger partial charge in [0, 0.05) is 51.5 Å². The lowest BCUT2D eigenvalue weighted by Gasteiger charge is -2.35. The first kappa shape index (κ1) is 12.5. The van der Waals surface area contributed by atoms with Gasteiger partial charge in [0.2, 0.25) is 0 Å². The Bertz CT molecular complexity index is 321. The van der Waals surface area contributed by atoms with E-state index in [0.717, 1.165) is 25.9 Å². The average Bonchev–Trinajstić information content (AvgIpc) is 2.79. The fourth-order valence-electron chi connectivity index (χ4n) is 2.20. The minimum absolute atomic E-state index is 0.572. The predicted molar refractivity (Wildman–Crippen MR) is 64.7 cm³/mol. The van der Waals surface area contributed by atoms with Gasteiger partial charge >= 0.3 is 0 Å². The van der Waals surface area contributed by atoms with E-state index in [1.54, 1.807) is 6.20 Å². The molecule has 0 saturated carbocycles. The van der Waals surface area contributed by atoms with E-state index in [0.29, 0.717) is 19.8 Å². The van der Waals surface area contributed by atoms with Crippen LogP contribution < -0.4 is 0 Å². The van der Waals surface area contributed by atoms with E-state index in [4.69, 9.17) is 4.74 Å². The molecule has 5 heteroatoms. The first-order valence-electron chi connectivity index (χ1n) is 6.14. The standard InChI is InChI=1S/C12H21N3O2/c1-14(7-8-15-6-2-5-13-15)11-12(16)3-9-17-10-4-12/h2,5-6,16H,3-4,7-11H2,1H3. The second-order valence-electron chi connectivity index (χ2n) is 4.84. The number of hydrogen-bond acceptors (Lipinski definition) is 4. The highest BCUT2D eigenvalue weighted by molar-refractivity contribution is 4.84. The SMILES string of the molecule is CN(CCn1cccn1)CC1(O)CCOCC1. The number of aliphatic hydroxyl groups is 1.